The van der Waals surface area contributed by atoms with Gasteiger partial charge < -0.3 is 25.6 Å². The number of hydrogen-bond donors (Lipinski definition) is 3. The van der Waals surface area contributed by atoms with Crippen LogP contribution >= 0.6 is 0 Å². The molecule has 1 aliphatic heterocycles. The molecule has 10 heteroatoms. The predicted octanol–water partition coefficient (Wildman–Crippen LogP) is 2.01. The molecule has 3 rings (SSSR count). The van der Waals surface area contributed by atoms with Gasteiger partial charge in [-0.3, -0.25) is 19.4 Å². The number of morpholine rings is 1. The second-order valence-corrected chi connectivity index (χ2v) is 8.90. The van der Waals surface area contributed by atoms with Crippen LogP contribution in [0.1, 0.15) is 58.3 Å². The van der Waals surface area contributed by atoms with Gasteiger partial charge in [0.2, 0.25) is 11.7 Å². The largest absolute Gasteiger partial charge is 0.378 e. The van der Waals surface area contributed by atoms with Gasteiger partial charge in [-0.1, -0.05) is 39.0 Å². The number of anilines is 1. The van der Waals surface area contributed by atoms with E-state index in [4.69, 9.17) is 4.74 Å². The molecule has 1 unspecified atom stereocenters. The molecule has 1 atom stereocenters. The van der Waals surface area contributed by atoms with Crippen molar-refractivity contribution in [3.8, 4) is 0 Å². The fourth-order valence-electron chi connectivity index (χ4n) is 4.38. The minimum absolute atomic E-state index is 0.300. The van der Waals surface area contributed by atoms with Crippen molar-refractivity contribution in [2.45, 2.75) is 69.9 Å². The number of ether oxygens (including phenoxy) is 1. The Bertz CT molecular complexity index is 851. The topological polar surface area (TPSA) is 130 Å². The molecule has 186 valence electrons. The average molecular weight is 474 g/mol. The van der Waals surface area contributed by atoms with Crippen LogP contribution in [0.2, 0.25) is 0 Å². The number of rotatable bonds is 9. The second-order valence-electron chi connectivity index (χ2n) is 8.90. The summed E-state index contributed by atoms with van der Waals surface area (Å²) in [5.74, 6) is -1.92. The third kappa shape index (κ3) is 6.75. The Morgan fingerprint density at radius 1 is 1.15 bits per heavy atom. The van der Waals surface area contributed by atoms with Gasteiger partial charge in [0, 0.05) is 19.3 Å². The first-order valence-electron chi connectivity index (χ1n) is 12.2. The summed E-state index contributed by atoms with van der Waals surface area (Å²) in [6.07, 6.45) is 8.39. The number of hydrogen-bond acceptors (Lipinski definition) is 6. The lowest BCUT2D eigenvalue weighted by molar-refractivity contribution is -0.138. The Hall–Kier alpha value is -3.01. The van der Waals surface area contributed by atoms with Crippen LogP contribution in [0.15, 0.2) is 24.5 Å². The van der Waals surface area contributed by atoms with E-state index in [0.29, 0.717) is 57.7 Å². The Morgan fingerprint density at radius 3 is 2.53 bits per heavy atom. The first-order chi connectivity index (χ1) is 16.4. The van der Waals surface area contributed by atoms with Crippen molar-refractivity contribution in [3.63, 3.8) is 0 Å². The fraction of sp³-hybridized carbons (Fsp3) is 0.625. The Kier molecular flexibility index (Phi) is 9.38. The van der Waals surface area contributed by atoms with Crippen molar-refractivity contribution < 1.29 is 23.9 Å². The highest BCUT2D eigenvalue weighted by atomic mass is 16.5. The minimum atomic E-state index is -1.10. The lowest BCUT2D eigenvalue weighted by Crippen LogP contribution is -2.64. The zero-order valence-electron chi connectivity index (χ0n) is 19.8. The lowest BCUT2D eigenvalue weighted by atomic mass is 9.80. The minimum Gasteiger partial charge on any atom is -0.378 e. The molecular formula is C24H35N5O5. The van der Waals surface area contributed by atoms with Crippen molar-refractivity contribution in [3.05, 3.63) is 24.5 Å². The average Bonchev–Trinajstić information content (AvgIpc) is 2.87. The van der Waals surface area contributed by atoms with E-state index in [0.717, 1.165) is 25.7 Å². The normalized spacial score (nSPS) is 18.4. The zero-order valence-corrected chi connectivity index (χ0v) is 19.8. The molecule has 2 aliphatic rings. The summed E-state index contributed by atoms with van der Waals surface area (Å²) >= 11 is 0. The molecule has 1 aromatic heterocycles. The van der Waals surface area contributed by atoms with Crippen LogP contribution in [0.4, 0.5) is 10.5 Å². The van der Waals surface area contributed by atoms with Gasteiger partial charge in [0.25, 0.3) is 5.91 Å². The molecule has 1 saturated heterocycles. The third-order valence-electron chi connectivity index (χ3n) is 6.40. The first kappa shape index (κ1) is 25.6. The monoisotopic (exact) mass is 473 g/mol. The molecule has 0 radical (unpaired) electrons. The number of nitrogens with one attached hydrogen (secondary N) is 3. The summed E-state index contributed by atoms with van der Waals surface area (Å²) in [6, 6.07) is 2.02. The molecule has 3 N–H and O–H groups in total. The quantitative estimate of drug-likeness (QED) is 0.471. The Morgan fingerprint density at radius 2 is 1.88 bits per heavy atom. The van der Waals surface area contributed by atoms with Crippen molar-refractivity contribution in [1.82, 2.24) is 20.5 Å². The number of pyridine rings is 1. The van der Waals surface area contributed by atoms with Crippen LogP contribution in [0.5, 0.6) is 0 Å². The van der Waals surface area contributed by atoms with Crippen molar-refractivity contribution in [1.29, 1.82) is 0 Å². The molecule has 1 saturated carbocycles. The molecule has 0 aromatic carbocycles. The smallest absolute Gasteiger partial charge is 0.318 e. The summed E-state index contributed by atoms with van der Waals surface area (Å²) in [5, 5.41) is 8.33. The molecule has 34 heavy (non-hydrogen) atoms. The van der Waals surface area contributed by atoms with Crippen LogP contribution in [0, 0.1) is 0 Å². The summed E-state index contributed by atoms with van der Waals surface area (Å²) in [5.41, 5.74) is -0.693. The SMILES string of the molecule is CCCCC(NC(=O)C1(NC(=O)N2CCOCC2)CCCCC1)C(=O)C(=O)Nc1cccnc1. The Labute approximate surface area is 200 Å². The molecule has 0 spiro atoms. The number of carbonyl (C=O) groups excluding carboxylic acids is 4. The highest BCUT2D eigenvalue weighted by molar-refractivity contribution is 6.42. The van der Waals surface area contributed by atoms with Crippen molar-refractivity contribution in [2.75, 3.05) is 31.6 Å². The maximum absolute atomic E-state index is 13.5. The predicted molar refractivity (Wildman–Crippen MR) is 126 cm³/mol. The number of unbranched alkanes of at least 4 members (excludes halogenated alkanes) is 1. The number of urea groups is 1. The first-order valence-corrected chi connectivity index (χ1v) is 12.2. The van der Waals surface area contributed by atoms with Crippen LogP contribution in [-0.2, 0) is 19.1 Å². The van der Waals surface area contributed by atoms with Crippen LogP contribution in [0.3, 0.4) is 0 Å². The number of nitrogens with zero attached hydrogens (tertiary/aromatic N) is 2. The maximum atomic E-state index is 13.5. The van der Waals surface area contributed by atoms with Crippen LogP contribution in [-0.4, -0.2) is 71.4 Å². The van der Waals surface area contributed by atoms with Gasteiger partial charge in [-0.2, -0.15) is 0 Å². The second kappa shape index (κ2) is 12.5. The van der Waals surface area contributed by atoms with Gasteiger partial charge in [0.15, 0.2) is 0 Å². The molecule has 1 aliphatic carbocycles. The van der Waals surface area contributed by atoms with Gasteiger partial charge in [-0.15, -0.1) is 0 Å². The van der Waals surface area contributed by atoms with E-state index in [1.807, 2.05) is 6.92 Å². The molecule has 0 bridgehead atoms. The van der Waals surface area contributed by atoms with E-state index in [2.05, 4.69) is 20.9 Å². The summed E-state index contributed by atoms with van der Waals surface area (Å²) < 4.78 is 5.31. The van der Waals surface area contributed by atoms with Crippen molar-refractivity contribution in [2.24, 2.45) is 0 Å². The van der Waals surface area contributed by atoms with E-state index in [-0.39, 0.29) is 6.03 Å². The molecule has 2 heterocycles. The van der Waals surface area contributed by atoms with E-state index < -0.39 is 29.2 Å². The number of Topliss-reactive ketones (excluding diaryl/α,β-unsaturated/α-hetero) is 1. The molecule has 10 nitrogen and oxygen atoms in total. The van der Waals surface area contributed by atoms with Crippen LogP contribution < -0.4 is 16.0 Å². The summed E-state index contributed by atoms with van der Waals surface area (Å²) in [7, 11) is 0. The van der Waals surface area contributed by atoms with E-state index in [9.17, 15) is 19.2 Å². The molecule has 4 amide bonds. The number of ketones is 1. The van der Waals surface area contributed by atoms with E-state index in [1.165, 1.54) is 6.20 Å². The highest BCUT2D eigenvalue weighted by Crippen LogP contribution is 2.29. The van der Waals surface area contributed by atoms with Crippen LogP contribution in [0.25, 0.3) is 0 Å². The summed E-state index contributed by atoms with van der Waals surface area (Å²) in [6.45, 7) is 3.84. The molecular weight excluding hydrogens is 438 g/mol. The van der Waals surface area contributed by atoms with Gasteiger partial charge in [0.05, 0.1) is 31.1 Å². The van der Waals surface area contributed by atoms with Gasteiger partial charge in [-0.25, -0.2) is 4.79 Å². The number of amides is 4. The third-order valence-corrected chi connectivity index (χ3v) is 6.40. The van der Waals surface area contributed by atoms with E-state index >= 15 is 0 Å². The number of carbonyl (C=O) groups is 4. The highest BCUT2D eigenvalue weighted by Gasteiger charge is 2.43. The Balaban J connectivity index is 1.71. The standard InChI is InChI=1S/C24H35N5O5/c1-2-3-9-19(20(30)21(31)26-18-8-7-12-25-17-18)27-22(32)24(10-5-4-6-11-24)28-23(33)29-13-15-34-16-14-29/h7-8,12,17,19H,2-6,9-11,13-16H2,1H3,(H,26,31)(H,27,32)(H,28,33). The fourth-order valence-corrected chi connectivity index (χ4v) is 4.38. The zero-order chi connectivity index (χ0) is 24.4. The molecule has 2 fully saturated rings. The van der Waals surface area contributed by atoms with Gasteiger partial charge in [0.1, 0.15) is 5.54 Å². The maximum Gasteiger partial charge on any atom is 0.318 e. The van der Waals surface area contributed by atoms with Crippen molar-refractivity contribution >= 4 is 29.3 Å². The lowest BCUT2D eigenvalue weighted by Gasteiger charge is -2.39. The van der Waals surface area contributed by atoms with E-state index in [1.54, 1.807) is 23.2 Å². The van der Waals surface area contributed by atoms with Gasteiger partial charge >= 0.3 is 6.03 Å². The summed E-state index contributed by atoms with van der Waals surface area (Å²) in [4.78, 5) is 57.6. The molecule has 1 aromatic rings. The van der Waals surface area contributed by atoms with Gasteiger partial charge in [-0.05, 0) is 31.4 Å². The number of aromatic nitrogens is 1.